The van der Waals surface area contributed by atoms with Gasteiger partial charge in [0, 0.05) is 25.2 Å². The van der Waals surface area contributed by atoms with Gasteiger partial charge in [-0.3, -0.25) is 10.1 Å². The SMILES string of the molecule is CCN(CC)S(=O)(=O)c1cc(C(=O)Oc2ccc([N+](=O)[O-])cc2)ccc1C. The summed E-state index contributed by atoms with van der Waals surface area (Å²) in [5.41, 5.74) is 0.469. The van der Waals surface area contributed by atoms with E-state index in [1.807, 2.05) is 0 Å². The number of nitro groups is 1. The number of hydrogen-bond donors (Lipinski definition) is 0. The third-order valence-electron chi connectivity index (χ3n) is 4.01. The number of non-ortho nitro benzene ring substituents is 1. The van der Waals surface area contributed by atoms with Crippen LogP contribution in [0.15, 0.2) is 47.4 Å². The van der Waals surface area contributed by atoms with Gasteiger partial charge in [0.05, 0.1) is 15.4 Å². The van der Waals surface area contributed by atoms with Crippen LogP contribution in [-0.2, 0) is 10.0 Å². The number of nitrogens with zero attached hydrogens (tertiary/aromatic N) is 2. The number of esters is 1. The first-order valence-corrected chi connectivity index (χ1v) is 9.72. The fraction of sp³-hybridized carbons (Fsp3) is 0.278. The minimum Gasteiger partial charge on any atom is -0.423 e. The highest BCUT2D eigenvalue weighted by Gasteiger charge is 2.25. The molecule has 144 valence electrons. The Bertz CT molecular complexity index is 950. The molecule has 0 amide bonds. The molecule has 0 aliphatic heterocycles. The summed E-state index contributed by atoms with van der Waals surface area (Å²) in [6, 6.07) is 9.35. The second-order valence-electron chi connectivity index (χ2n) is 5.71. The predicted octanol–water partition coefficient (Wildman–Crippen LogP) is 3.15. The van der Waals surface area contributed by atoms with Gasteiger partial charge in [0.2, 0.25) is 10.0 Å². The molecule has 0 unspecified atom stereocenters. The summed E-state index contributed by atoms with van der Waals surface area (Å²) in [7, 11) is -3.73. The van der Waals surface area contributed by atoms with Crippen molar-refractivity contribution in [3.8, 4) is 5.75 Å². The molecule has 0 aromatic heterocycles. The van der Waals surface area contributed by atoms with Crippen LogP contribution in [0.25, 0.3) is 0 Å². The van der Waals surface area contributed by atoms with Gasteiger partial charge in [-0.15, -0.1) is 0 Å². The number of rotatable bonds is 7. The maximum Gasteiger partial charge on any atom is 0.343 e. The second-order valence-corrected chi connectivity index (χ2v) is 7.62. The van der Waals surface area contributed by atoms with Gasteiger partial charge in [-0.1, -0.05) is 19.9 Å². The molecular formula is C18H20N2O6S. The summed E-state index contributed by atoms with van der Waals surface area (Å²) < 4.78 is 32.0. The molecule has 0 heterocycles. The van der Waals surface area contributed by atoms with E-state index in [4.69, 9.17) is 4.74 Å². The Hall–Kier alpha value is -2.78. The maximum absolute atomic E-state index is 12.8. The van der Waals surface area contributed by atoms with Crippen LogP contribution in [0.5, 0.6) is 5.75 Å². The van der Waals surface area contributed by atoms with E-state index >= 15 is 0 Å². The Morgan fingerprint density at radius 2 is 1.70 bits per heavy atom. The summed E-state index contributed by atoms with van der Waals surface area (Å²) in [4.78, 5) is 22.5. The van der Waals surface area contributed by atoms with E-state index < -0.39 is 20.9 Å². The smallest absolute Gasteiger partial charge is 0.343 e. The molecule has 0 aliphatic rings. The lowest BCUT2D eigenvalue weighted by atomic mass is 10.1. The second kappa shape index (κ2) is 8.28. The van der Waals surface area contributed by atoms with Crippen molar-refractivity contribution in [1.29, 1.82) is 0 Å². The molecule has 9 heteroatoms. The molecule has 0 fully saturated rings. The van der Waals surface area contributed by atoms with Gasteiger partial charge in [-0.05, 0) is 36.8 Å². The number of sulfonamides is 1. The number of carbonyl (C=O) groups is 1. The highest BCUT2D eigenvalue weighted by molar-refractivity contribution is 7.89. The Balaban J connectivity index is 2.31. The van der Waals surface area contributed by atoms with E-state index in [0.717, 1.165) is 0 Å². The van der Waals surface area contributed by atoms with Gasteiger partial charge in [0.15, 0.2) is 0 Å². The van der Waals surface area contributed by atoms with Crippen LogP contribution in [0.3, 0.4) is 0 Å². The molecule has 2 aromatic carbocycles. The Morgan fingerprint density at radius 3 is 2.22 bits per heavy atom. The fourth-order valence-corrected chi connectivity index (χ4v) is 4.22. The standard InChI is InChI=1S/C18H20N2O6S/c1-4-19(5-2)27(24,25)17-12-14(7-6-13(17)3)18(21)26-16-10-8-15(9-11-16)20(22)23/h6-12H,4-5H2,1-3H3. The van der Waals surface area contributed by atoms with Crippen LogP contribution in [0.2, 0.25) is 0 Å². The molecule has 0 radical (unpaired) electrons. The van der Waals surface area contributed by atoms with E-state index in [-0.39, 0.29) is 21.9 Å². The minimum absolute atomic E-state index is 0.0457. The van der Waals surface area contributed by atoms with Gasteiger partial charge in [0.25, 0.3) is 5.69 Å². The van der Waals surface area contributed by atoms with Crippen molar-refractivity contribution in [1.82, 2.24) is 4.31 Å². The van der Waals surface area contributed by atoms with Gasteiger partial charge in [0.1, 0.15) is 5.75 Å². The normalized spacial score (nSPS) is 11.4. The Morgan fingerprint density at radius 1 is 1.11 bits per heavy atom. The third kappa shape index (κ3) is 4.50. The summed E-state index contributed by atoms with van der Waals surface area (Å²) >= 11 is 0. The van der Waals surface area contributed by atoms with E-state index in [9.17, 15) is 23.3 Å². The summed E-state index contributed by atoms with van der Waals surface area (Å²) in [6.07, 6.45) is 0. The van der Waals surface area contributed by atoms with Gasteiger partial charge in [-0.25, -0.2) is 13.2 Å². The third-order valence-corrected chi connectivity index (χ3v) is 6.20. The van der Waals surface area contributed by atoms with Gasteiger partial charge in [-0.2, -0.15) is 4.31 Å². The van der Waals surface area contributed by atoms with Crippen molar-refractivity contribution >= 4 is 21.7 Å². The first-order valence-electron chi connectivity index (χ1n) is 8.28. The number of hydrogen-bond acceptors (Lipinski definition) is 6. The molecule has 8 nitrogen and oxygen atoms in total. The predicted molar refractivity (Wildman–Crippen MR) is 99.3 cm³/mol. The Labute approximate surface area is 157 Å². The molecule has 0 aliphatic carbocycles. The lowest BCUT2D eigenvalue weighted by Crippen LogP contribution is -2.31. The fourth-order valence-electron chi connectivity index (χ4n) is 2.51. The summed E-state index contributed by atoms with van der Waals surface area (Å²) in [6.45, 7) is 5.76. The van der Waals surface area contributed by atoms with E-state index in [0.29, 0.717) is 18.7 Å². The monoisotopic (exact) mass is 392 g/mol. The van der Waals surface area contributed by atoms with Crippen molar-refractivity contribution in [2.45, 2.75) is 25.7 Å². The molecule has 0 saturated heterocycles. The van der Waals surface area contributed by atoms with Gasteiger partial charge < -0.3 is 4.74 Å². The van der Waals surface area contributed by atoms with E-state index in [2.05, 4.69) is 0 Å². The average molecular weight is 392 g/mol. The number of carbonyl (C=O) groups excluding carboxylic acids is 1. The average Bonchev–Trinajstić information content (AvgIpc) is 2.63. The van der Waals surface area contributed by atoms with E-state index in [1.165, 1.54) is 40.7 Å². The van der Waals surface area contributed by atoms with Crippen LogP contribution in [0, 0.1) is 17.0 Å². The summed E-state index contributed by atoms with van der Waals surface area (Å²) in [5.74, 6) is -0.626. The van der Waals surface area contributed by atoms with E-state index in [1.54, 1.807) is 26.8 Å². The van der Waals surface area contributed by atoms with Gasteiger partial charge >= 0.3 is 5.97 Å². The largest absolute Gasteiger partial charge is 0.423 e. The lowest BCUT2D eigenvalue weighted by Gasteiger charge is -2.20. The molecule has 0 atom stereocenters. The van der Waals surface area contributed by atoms with Crippen LogP contribution >= 0.6 is 0 Å². The topological polar surface area (TPSA) is 107 Å². The first kappa shape index (κ1) is 20.5. The maximum atomic E-state index is 12.8. The molecule has 27 heavy (non-hydrogen) atoms. The zero-order valence-corrected chi connectivity index (χ0v) is 16.0. The number of nitro benzene ring substituents is 1. The molecule has 2 rings (SSSR count). The number of aryl methyl sites for hydroxylation is 1. The zero-order valence-electron chi connectivity index (χ0n) is 15.2. The van der Waals surface area contributed by atoms with Crippen LogP contribution in [0.1, 0.15) is 29.8 Å². The summed E-state index contributed by atoms with van der Waals surface area (Å²) in [5, 5.41) is 10.7. The lowest BCUT2D eigenvalue weighted by molar-refractivity contribution is -0.384. The minimum atomic E-state index is -3.73. The van der Waals surface area contributed by atoms with Crippen molar-refractivity contribution in [3.63, 3.8) is 0 Å². The van der Waals surface area contributed by atoms with Crippen LogP contribution < -0.4 is 4.74 Å². The number of benzene rings is 2. The molecule has 0 N–H and O–H groups in total. The molecule has 2 aromatic rings. The van der Waals surface area contributed by atoms with Crippen molar-refractivity contribution < 1.29 is 22.9 Å². The van der Waals surface area contributed by atoms with Crippen LogP contribution in [-0.4, -0.2) is 36.7 Å². The van der Waals surface area contributed by atoms with Crippen molar-refractivity contribution in [2.75, 3.05) is 13.1 Å². The molecule has 0 saturated carbocycles. The Kier molecular flexibility index (Phi) is 6.29. The molecule has 0 bridgehead atoms. The molecular weight excluding hydrogens is 372 g/mol. The first-order chi connectivity index (χ1) is 12.7. The highest BCUT2D eigenvalue weighted by atomic mass is 32.2. The molecule has 0 spiro atoms. The van der Waals surface area contributed by atoms with Crippen molar-refractivity contribution in [2.24, 2.45) is 0 Å². The highest BCUT2D eigenvalue weighted by Crippen LogP contribution is 2.23. The zero-order chi connectivity index (χ0) is 20.2. The quantitative estimate of drug-likeness (QED) is 0.310. The van der Waals surface area contributed by atoms with Crippen LogP contribution in [0.4, 0.5) is 5.69 Å². The number of ether oxygens (including phenoxy) is 1. The van der Waals surface area contributed by atoms with Crippen molar-refractivity contribution in [3.05, 3.63) is 63.7 Å².